The molecule has 0 saturated carbocycles. The molecule has 2 rings (SSSR count). The van der Waals surface area contributed by atoms with E-state index in [1.54, 1.807) is 37.6 Å². The third-order valence-corrected chi connectivity index (χ3v) is 3.40. The zero-order chi connectivity index (χ0) is 13.8. The highest BCUT2D eigenvalue weighted by atomic mass is 79.9. The maximum absolute atomic E-state index is 12.0. The molecule has 6 heteroatoms. The molecular weight excluding hydrogens is 308 g/mol. The molecule has 0 bridgehead atoms. The molecule has 2 heterocycles. The van der Waals surface area contributed by atoms with Crippen LogP contribution in [0.5, 0.6) is 0 Å². The van der Waals surface area contributed by atoms with Gasteiger partial charge in [0.05, 0.1) is 11.9 Å². The molecule has 98 valence electrons. The highest BCUT2D eigenvalue weighted by molar-refractivity contribution is 9.10. The van der Waals surface area contributed by atoms with E-state index < -0.39 is 0 Å². The van der Waals surface area contributed by atoms with Crippen molar-refractivity contribution in [1.82, 2.24) is 9.97 Å². The quantitative estimate of drug-likeness (QED) is 0.912. The number of halogens is 1. The lowest BCUT2D eigenvalue weighted by atomic mass is 10.3. The van der Waals surface area contributed by atoms with Crippen molar-refractivity contribution in [2.45, 2.75) is 6.92 Å². The molecule has 5 nitrogen and oxygen atoms in total. The summed E-state index contributed by atoms with van der Waals surface area (Å²) in [6.45, 7) is 1.93. The number of hydrogen-bond donors (Lipinski definition) is 2. The normalized spacial score (nSPS) is 10.1. The van der Waals surface area contributed by atoms with Crippen molar-refractivity contribution in [3.63, 3.8) is 0 Å². The largest absolute Gasteiger partial charge is 0.387 e. The summed E-state index contributed by atoms with van der Waals surface area (Å²) >= 11 is 3.36. The summed E-state index contributed by atoms with van der Waals surface area (Å²) in [5.41, 5.74) is 2.21. The van der Waals surface area contributed by atoms with E-state index in [9.17, 15) is 4.79 Å². The van der Waals surface area contributed by atoms with Gasteiger partial charge in [-0.1, -0.05) is 0 Å². The fraction of sp³-hybridized carbons (Fsp3) is 0.154. The minimum Gasteiger partial charge on any atom is -0.387 e. The Morgan fingerprint density at radius 3 is 2.63 bits per heavy atom. The van der Waals surface area contributed by atoms with Gasteiger partial charge in [-0.2, -0.15) is 0 Å². The van der Waals surface area contributed by atoms with Gasteiger partial charge in [0.2, 0.25) is 0 Å². The molecule has 0 aliphatic rings. The number of hydrogen-bond acceptors (Lipinski definition) is 4. The Morgan fingerprint density at radius 1 is 1.26 bits per heavy atom. The minimum absolute atomic E-state index is 0.281. The number of anilines is 2. The fourth-order valence-corrected chi connectivity index (χ4v) is 1.68. The molecule has 0 fully saturated rings. The molecule has 19 heavy (non-hydrogen) atoms. The van der Waals surface area contributed by atoms with Crippen LogP contribution in [0, 0.1) is 6.92 Å². The molecule has 0 unspecified atom stereocenters. The molecule has 0 aliphatic carbocycles. The smallest absolute Gasteiger partial charge is 0.275 e. The summed E-state index contributed by atoms with van der Waals surface area (Å²) < 4.78 is 0.905. The first-order valence-electron chi connectivity index (χ1n) is 5.67. The summed E-state index contributed by atoms with van der Waals surface area (Å²) in [6, 6.07) is 5.25. The number of aryl methyl sites for hydroxylation is 1. The van der Waals surface area contributed by atoms with Crippen LogP contribution in [0.2, 0.25) is 0 Å². The minimum atomic E-state index is -0.281. The average molecular weight is 321 g/mol. The SMILES string of the molecule is CNc1ccc(C(=O)Nc2cc(C)c(Br)cn2)nc1. The molecule has 2 aromatic heterocycles. The summed E-state index contributed by atoms with van der Waals surface area (Å²) in [5, 5.41) is 5.65. The topological polar surface area (TPSA) is 66.9 Å². The average Bonchev–Trinajstić information content (AvgIpc) is 2.43. The molecule has 0 saturated heterocycles. The second-order valence-corrected chi connectivity index (χ2v) is 4.81. The lowest BCUT2D eigenvalue weighted by Gasteiger charge is -2.06. The lowest BCUT2D eigenvalue weighted by molar-refractivity contribution is 0.102. The van der Waals surface area contributed by atoms with Crippen molar-refractivity contribution in [1.29, 1.82) is 0 Å². The first kappa shape index (κ1) is 13.5. The molecule has 0 aromatic carbocycles. The maximum atomic E-state index is 12.0. The zero-order valence-electron chi connectivity index (χ0n) is 10.6. The van der Waals surface area contributed by atoms with Gasteiger partial charge in [-0.05, 0) is 46.6 Å². The van der Waals surface area contributed by atoms with Crippen LogP contribution < -0.4 is 10.6 Å². The predicted molar refractivity (Wildman–Crippen MR) is 78.4 cm³/mol. The van der Waals surface area contributed by atoms with E-state index in [0.717, 1.165) is 15.7 Å². The summed E-state index contributed by atoms with van der Waals surface area (Å²) in [6.07, 6.45) is 3.26. The van der Waals surface area contributed by atoms with Crippen LogP contribution in [0.3, 0.4) is 0 Å². The second-order valence-electron chi connectivity index (χ2n) is 3.95. The van der Waals surface area contributed by atoms with Crippen LogP contribution in [0.1, 0.15) is 16.1 Å². The van der Waals surface area contributed by atoms with Crippen LogP contribution in [0.4, 0.5) is 11.5 Å². The van der Waals surface area contributed by atoms with Crippen LogP contribution in [0.15, 0.2) is 35.1 Å². The van der Waals surface area contributed by atoms with Crippen LogP contribution in [0.25, 0.3) is 0 Å². The van der Waals surface area contributed by atoms with Crippen LogP contribution in [-0.2, 0) is 0 Å². The number of rotatable bonds is 3. The van der Waals surface area contributed by atoms with Gasteiger partial charge in [0, 0.05) is 17.7 Å². The zero-order valence-corrected chi connectivity index (χ0v) is 12.2. The van der Waals surface area contributed by atoms with E-state index in [-0.39, 0.29) is 5.91 Å². The summed E-state index contributed by atoms with van der Waals surface area (Å²) in [4.78, 5) is 20.2. The van der Waals surface area contributed by atoms with E-state index >= 15 is 0 Å². The van der Waals surface area contributed by atoms with E-state index in [0.29, 0.717) is 11.5 Å². The van der Waals surface area contributed by atoms with Gasteiger partial charge in [-0.25, -0.2) is 9.97 Å². The molecule has 0 atom stereocenters. The summed E-state index contributed by atoms with van der Waals surface area (Å²) in [7, 11) is 1.80. The van der Waals surface area contributed by atoms with Crippen LogP contribution in [-0.4, -0.2) is 22.9 Å². The molecule has 0 aliphatic heterocycles. The second kappa shape index (κ2) is 5.79. The summed E-state index contributed by atoms with van der Waals surface area (Å²) in [5.74, 6) is 0.224. The number of nitrogens with one attached hydrogen (secondary N) is 2. The van der Waals surface area contributed by atoms with Gasteiger partial charge in [0.1, 0.15) is 11.5 Å². The van der Waals surface area contributed by atoms with E-state index in [2.05, 4.69) is 36.5 Å². The van der Waals surface area contributed by atoms with Crippen molar-refractivity contribution < 1.29 is 4.79 Å². The van der Waals surface area contributed by atoms with Crippen molar-refractivity contribution >= 4 is 33.3 Å². The van der Waals surface area contributed by atoms with Gasteiger partial charge in [0.15, 0.2) is 0 Å². The third kappa shape index (κ3) is 3.29. The van der Waals surface area contributed by atoms with E-state index in [1.807, 2.05) is 6.92 Å². The van der Waals surface area contributed by atoms with Crippen molar-refractivity contribution in [3.8, 4) is 0 Å². The highest BCUT2D eigenvalue weighted by Crippen LogP contribution is 2.17. The van der Waals surface area contributed by atoms with E-state index in [1.165, 1.54) is 0 Å². The Kier molecular flexibility index (Phi) is 4.11. The fourth-order valence-electron chi connectivity index (χ4n) is 1.46. The highest BCUT2D eigenvalue weighted by Gasteiger charge is 2.08. The number of carbonyl (C=O) groups excluding carboxylic acids is 1. The standard InChI is InChI=1S/C13H13BrN4O/c1-8-5-12(17-7-10(8)14)18-13(19)11-4-3-9(15-2)6-16-11/h3-7,15H,1-2H3,(H,17,18,19). The maximum Gasteiger partial charge on any atom is 0.275 e. The molecule has 2 N–H and O–H groups in total. The number of pyridine rings is 2. The van der Waals surface area contributed by atoms with Gasteiger partial charge >= 0.3 is 0 Å². The van der Waals surface area contributed by atoms with Crippen LogP contribution >= 0.6 is 15.9 Å². The number of amides is 1. The number of carbonyl (C=O) groups is 1. The molecule has 1 amide bonds. The molecule has 0 radical (unpaired) electrons. The number of aromatic nitrogens is 2. The van der Waals surface area contributed by atoms with Gasteiger partial charge < -0.3 is 10.6 Å². The Morgan fingerprint density at radius 2 is 2.05 bits per heavy atom. The molecule has 2 aromatic rings. The first-order valence-corrected chi connectivity index (χ1v) is 6.47. The van der Waals surface area contributed by atoms with Crippen molar-refractivity contribution in [3.05, 3.63) is 46.3 Å². The third-order valence-electron chi connectivity index (χ3n) is 2.57. The van der Waals surface area contributed by atoms with Gasteiger partial charge in [-0.3, -0.25) is 4.79 Å². The van der Waals surface area contributed by atoms with Crippen molar-refractivity contribution in [2.75, 3.05) is 17.7 Å². The Hall–Kier alpha value is -1.95. The predicted octanol–water partition coefficient (Wildman–Crippen LogP) is 2.84. The first-order chi connectivity index (χ1) is 9.10. The Bertz CT molecular complexity index is 598. The van der Waals surface area contributed by atoms with E-state index in [4.69, 9.17) is 0 Å². The number of nitrogens with zero attached hydrogens (tertiary/aromatic N) is 2. The lowest BCUT2D eigenvalue weighted by Crippen LogP contribution is -2.14. The van der Waals surface area contributed by atoms with Crippen molar-refractivity contribution in [2.24, 2.45) is 0 Å². The van der Waals surface area contributed by atoms with Gasteiger partial charge in [0.25, 0.3) is 5.91 Å². The molecule has 0 spiro atoms. The monoisotopic (exact) mass is 320 g/mol. The Balaban J connectivity index is 2.13. The molecular formula is C13H13BrN4O. The Labute approximate surface area is 119 Å². The van der Waals surface area contributed by atoms with Gasteiger partial charge in [-0.15, -0.1) is 0 Å².